The second-order valence-electron chi connectivity index (χ2n) is 6.41. The van der Waals surface area contributed by atoms with E-state index < -0.39 is 5.97 Å². The Labute approximate surface area is 151 Å². The topological polar surface area (TPSA) is 40.1 Å². The zero-order chi connectivity index (χ0) is 18.1. The summed E-state index contributed by atoms with van der Waals surface area (Å²) in [6, 6.07) is 19.6. The van der Waals surface area contributed by atoms with Crippen molar-refractivity contribution in [1.29, 1.82) is 0 Å². The van der Waals surface area contributed by atoms with Gasteiger partial charge >= 0.3 is 0 Å². The van der Waals surface area contributed by atoms with E-state index in [2.05, 4.69) is 13.8 Å². The van der Waals surface area contributed by atoms with Crippen molar-refractivity contribution >= 4 is 11.5 Å². The summed E-state index contributed by atoms with van der Waals surface area (Å²) in [5, 5.41) is 12.2. The predicted octanol–water partition coefficient (Wildman–Crippen LogP) is 4.84. The Balaban J connectivity index is 2.60. The fourth-order valence-corrected chi connectivity index (χ4v) is 3.35. The van der Waals surface area contributed by atoms with Gasteiger partial charge in [0.05, 0.1) is 5.97 Å². The molecular weight excluding hydrogens is 308 g/mol. The van der Waals surface area contributed by atoms with Crippen LogP contribution in [0.5, 0.6) is 0 Å². The Bertz CT molecular complexity index is 645. The number of rotatable bonds is 9. The van der Waals surface area contributed by atoms with E-state index in [1.807, 2.05) is 60.7 Å². The molecule has 0 bridgehead atoms. The van der Waals surface area contributed by atoms with Gasteiger partial charge in [-0.3, -0.25) is 0 Å². The van der Waals surface area contributed by atoms with Gasteiger partial charge in [-0.05, 0) is 41.0 Å². The summed E-state index contributed by atoms with van der Waals surface area (Å²) in [4.78, 5) is 12.2. The van der Waals surface area contributed by atoms with Crippen LogP contribution < -0.4 is 5.11 Å². The lowest BCUT2D eigenvalue weighted by atomic mass is 9.83. The van der Waals surface area contributed by atoms with Crippen LogP contribution in [0.4, 0.5) is 0 Å². The van der Waals surface area contributed by atoms with E-state index >= 15 is 0 Å². The monoisotopic (exact) mass is 335 g/mol. The van der Waals surface area contributed by atoms with Gasteiger partial charge in [-0.15, -0.1) is 0 Å². The first-order valence-electron chi connectivity index (χ1n) is 9.25. The first-order chi connectivity index (χ1) is 12.2. The van der Waals surface area contributed by atoms with Gasteiger partial charge in [0.1, 0.15) is 0 Å². The number of aliphatic carboxylic acids is 1. The van der Waals surface area contributed by atoms with Gasteiger partial charge < -0.3 is 9.90 Å². The lowest BCUT2D eigenvalue weighted by Gasteiger charge is -2.25. The summed E-state index contributed by atoms with van der Waals surface area (Å²) in [6.45, 7) is 4.23. The van der Waals surface area contributed by atoms with Crippen LogP contribution >= 0.6 is 0 Å². The van der Waals surface area contributed by atoms with Crippen LogP contribution in [0.2, 0.25) is 0 Å². The molecule has 0 fully saturated rings. The van der Waals surface area contributed by atoms with Crippen molar-refractivity contribution in [2.45, 2.75) is 46.0 Å². The number of unbranched alkanes of at least 4 members (excludes halogenated alkanes) is 2. The fourth-order valence-electron chi connectivity index (χ4n) is 3.35. The third kappa shape index (κ3) is 5.06. The van der Waals surface area contributed by atoms with Crippen molar-refractivity contribution in [1.82, 2.24) is 0 Å². The van der Waals surface area contributed by atoms with Crippen LogP contribution in [0.15, 0.2) is 66.2 Å². The standard InChI is InChI=1S/C23H28O2/c1-3-5-8-13-18(4-2)22(23(24)25)21(19-14-9-6-10-15-19)20-16-11-7-12-17-20/h6-7,9-12,14-18H,3-5,8,13H2,1-2H3,(H,24,25)/p-1. The molecule has 0 aromatic heterocycles. The van der Waals surface area contributed by atoms with Crippen LogP contribution in [0.3, 0.4) is 0 Å². The maximum absolute atomic E-state index is 12.2. The molecule has 1 unspecified atom stereocenters. The number of carbonyl (C=O) groups excluding carboxylic acids is 1. The molecule has 2 rings (SSSR count). The summed E-state index contributed by atoms with van der Waals surface area (Å²) >= 11 is 0. The van der Waals surface area contributed by atoms with Crippen molar-refractivity contribution in [2.24, 2.45) is 5.92 Å². The van der Waals surface area contributed by atoms with Crippen LogP contribution in [-0.2, 0) is 4.79 Å². The van der Waals surface area contributed by atoms with Gasteiger partial charge in [0.15, 0.2) is 0 Å². The molecule has 1 atom stereocenters. The maximum Gasteiger partial charge on any atom is 0.0684 e. The number of hydrogen-bond acceptors (Lipinski definition) is 2. The molecule has 0 N–H and O–H groups in total. The number of hydrogen-bond donors (Lipinski definition) is 0. The van der Waals surface area contributed by atoms with E-state index in [9.17, 15) is 9.90 Å². The lowest BCUT2D eigenvalue weighted by Crippen LogP contribution is -2.30. The molecule has 0 aliphatic heterocycles. The molecule has 0 saturated heterocycles. The first kappa shape index (κ1) is 19.0. The van der Waals surface area contributed by atoms with Crippen LogP contribution in [0.25, 0.3) is 5.57 Å². The van der Waals surface area contributed by atoms with Crippen molar-refractivity contribution < 1.29 is 9.90 Å². The average Bonchev–Trinajstić information content (AvgIpc) is 2.65. The van der Waals surface area contributed by atoms with Gasteiger partial charge in [-0.2, -0.15) is 0 Å². The van der Waals surface area contributed by atoms with Gasteiger partial charge in [0.25, 0.3) is 0 Å². The van der Waals surface area contributed by atoms with Crippen LogP contribution in [0, 0.1) is 5.92 Å². The summed E-state index contributed by atoms with van der Waals surface area (Å²) < 4.78 is 0. The van der Waals surface area contributed by atoms with Crippen molar-refractivity contribution in [3.05, 3.63) is 77.4 Å². The van der Waals surface area contributed by atoms with E-state index in [1.54, 1.807) is 0 Å². The molecular formula is C23H27O2-. The molecule has 0 heterocycles. The second kappa shape index (κ2) is 9.83. The normalized spacial score (nSPS) is 11.8. The summed E-state index contributed by atoms with van der Waals surface area (Å²) in [6.07, 6.45) is 4.99. The SMILES string of the molecule is CCCCCC(CC)C(C(=O)[O-])=C(c1ccccc1)c1ccccc1. The Hall–Kier alpha value is -2.35. The van der Waals surface area contributed by atoms with E-state index in [0.717, 1.165) is 48.8 Å². The van der Waals surface area contributed by atoms with Crippen LogP contribution in [-0.4, -0.2) is 5.97 Å². The second-order valence-corrected chi connectivity index (χ2v) is 6.41. The molecule has 0 saturated carbocycles. The van der Waals surface area contributed by atoms with E-state index in [1.165, 1.54) is 0 Å². The molecule has 132 valence electrons. The zero-order valence-corrected chi connectivity index (χ0v) is 15.2. The van der Waals surface area contributed by atoms with Gasteiger partial charge in [0, 0.05) is 0 Å². The minimum atomic E-state index is -1.05. The number of carboxylic acid groups (broad SMARTS) is 1. The number of carboxylic acids is 1. The average molecular weight is 335 g/mol. The molecule has 2 aromatic rings. The van der Waals surface area contributed by atoms with Gasteiger partial charge in [0.2, 0.25) is 0 Å². The van der Waals surface area contributed by atoms with Crippen LogP contribution in [0.1, 0.15) is 57.1 Å². The van der Waals surface area contributed by atoms with Gasteiger partial charge in [-0.25, -0.2) is 0 Å². The highest BCUT2D eigenvalue weighted by Crippen LogP contribution is 2.33. The highest BCUT2D eigenvalue weighted by Gasteiger charge is 2.20. The first-order valence-corrected chi connectivity index (χ1v) is 9.25. The lowest BCUT2D eigenvalue weighted by molar-refractivity contribution is -0.299. The van der Waals surface area contributed by atoms with Crippen molar-refractivity contribution in [3.63, 3.8) is 0 Å². The Morgan fingerprint density at radius 3 is 1.80 bits per heavy atom. The molecule has 2 nitrogen and oxygen atoms in total. The molecule has 2 heteroatoms. The summed E-state index contributed by atoms with van der Waals surface area (Å²) in [5.74, 6) is -1.04. The highest BCUT2D eigenvalue weighted by atomic mass is 16.4. The summed E-state index contributed by atoms with van der Waals surface area (Å²) in [7, 11) is 0. The van der Waals surface area contributed by atoms with E-state index in [4.69, 9.17) is 0 Å². The largest absolute Gasteiger partial charge is 0.545 e. The van der Waals surface area contributed by atoms with Crippen molar-refractivity contribution in [2.75, 3.05) is 0 Å². The Kier molecular flexibility index (Phi) is 7.46. The smallest absolute Gasteiger partial charge is 0.0684 e. The molecule has 2 aromatic carbocycles. The van der Waals surface area contributed by atoms with Crippen molar-refractivity contribution in [3.8, 4) is 0 Å². The zero-order valence-electron chi connectivity index (χ0n) is 15.2. The Morgan fingerprint density at radius 2 is 1.40 bits per heavy atom. The fraction of sp³-hybridized carbons (Fsp3) is 0.348. The third-order valence-electron chi connectivity index (χ3n) is 4.67. The van der Waals surface area contributed by atoms with E-state index in [-0.39, 0.29) is 5.92 Å². The molecule has 0 amide bonds. The number of carbonyl (C=O) groups is 1. The Morgan fingerprint density at radius 1 is 0.880 bits per heavy atom. The quantitative estimate of drug-likeness (QED) is 0.486. The maximum atomic E-state index is 12.2. The third-order valence-corrected chi connectivity index (χ3v) is 4.67. The molecule has 0 spiro atoms. The minimum Gasteiger partial charge on any atom is -0.545 e. The highest BCUT2D eigenvalue weighted by molar-refractivity contribution is 6.00. The van der Waals surface area contributed by atoms with E-state index in [0.29, 0.717) is 5.57 Å². The molecule has 0 aliphatic carbocycles. The predicted molar refractivity (Wildman–Crippen MR) is 102 cm³/mol. The molecule has 0 aliphatic rings. The number of benzene rings is 2. The molecule has 0 radical (unpaired) electrons. The summed E-state index contributed by atoms with van der Waals surface area (Å²) in [5.41, 5.74) is 3.10. The minimum absolute atomic E-state index is 0.00645. The molecule has 25 heavy (non-hydrogen) atoms. The van der Waals surface area contributed by atoms with Gasteiger partial charge in [-0.1, -0.05) is 93.8 Å².